The Kier molecular flexibility index (Phi) is 4.52. The van der Waals surface area contributed by atoms with Crippen molar-refractivity contribution < 1.29 is 5.11 Å². The summed E-state index contributed by atoms with van der Waals surface area (Å²) in [7, 11) is 0. The molecule has 0 aliphatic carbocycles. The number of hydrogen-bond acceptors (Lipinski definition) is 4. The molecule has 2 aromatic rings. The fraction of sp³-hybridized carbons (Fsp3) is 0.429. The van der Waals surface area contributed by atoms with Crippen molar-refractivity contribution in [1.29, 1.82) is 0 Å². The van der Waals surface area contributed by atoms with E-state index in [1.165, 1.54) is 0 Å². The van der Waals surface area contributed by atoms with E-state index in [0.717, 1.165) is 24.3 Å². The van der Waals surface area contributed by atoms with Crippen LogP contribution in [0, 0.1) is 5.92 Å². The zero-order valence-electron chi connectivity index (χ0n) is 11.4. The molecular formula is C14H20N4O. The number of nitrogens with one attached hydrogen (secondary N) is 1. The molecule has 0 unspecified atom stereocenters. The van der Waals surface area contributed by atoms with E-state index in [4.69, 9.17) is 0 Å². The molecule has 0 aliphatic heterocycles. The van der Waals surface area contributed by atoms with Gasteiger partial charge in [0.2, 0.25) is 0 Å². The maximum absolute atomic E-state index is 9.41. The normalized spacial score (nSPS) is 11.1. The Morgan fingerprint density at radius 3 is 2.95 bits per heavy atom. The molecule has 0 atom stereocenters. The highest BCUT2D eigenvalue weighted by molar-refractivity contribution is 5.27. The van der Waals surface area contributed by atoms with Crippen molar-refractivity contribution in [2.75, 3.05) is 6.54 Å². The molecule has 0 saturated heterocycles. The second-order valence-corrected chi connectivity index (χ2v) is 5.10. The van der Waals surface area contributed by atoms with Crippen molar-refractivity contribution in [3.05, 3.63) is 41.7 Å². The van der Waals surface area contributed by atoms with Gasteiger partial charge >= 0.3 is 0 Å². The number of phenols is 1. The summed E-state index contributed by atoms with van der Waals surface area (Å²) in [6, 6.07) is 7.18. The van der Waals surface area contributed by atoms with Gasteiger partial charge in [0.05, 0.1) is 18.4 Å². The summed E-state index contributed by atoms with van der Waals surface area (Å²) < 4.78 is 1.78. The minimum Gasteiger partial charge on any atom is -0.508 e. The smallest absolute Gasteiger partial charge is 0.115 e. The standard InChI is InChI=1S/C14H20N4O/c1-11(2)7-15-8-13-10-18(17-16-13)9-12-4-3-5-14(19)6-12/h3-6,10-11,15,19H,7-9H2,1-2H3. The maximum atomic E-state index is 9.41. The minimum absolute atomic E-state index is 0.274. The molecule has 0 bridgehead atoms. The van der Waals surface area contributed by atoms with Crippen molar-refractivity contribution >= 4 is 0 Å². The molecule has 1 aromatic heterocycles. The molecular weight excluding hydrogens is 240 g/mol. The summed E-state index contributed by atoms with van der Waals surface area (Å²) in [5.74, 6) is 0.902. The van der Waals surface area contributed by atoms with Gasteiger partial charge in [0, 0.05) is 6.54 Å². The Bertz CT molecular complexity index is 522. The van der Waals surface area contributed by atoms with Gasteiger partial charge in [-0.3, -0.25) is 0 Å². The molecule has 1 aromatic carbocycles. The lowest BCUT2D eigenvalue weighted by atomic mass is 10.2. The van der Waals surface area contributed by atoms with Gasteiger partial charge in [-0.05, 0) is 30.2 Å². The third kappa shape index (κ3) is 4.37. The minimum atomic E-state index is 0.274. The molecule has 5 heteroatoms. The topological polar surface area (TPSA) is 63.0 Å². The van der Waals surface area contributed by atoms with Crippen LogP contribution in [0.2, 0.25) is 0 Å². The number of nitrogens with zero attached hydrogens (tertiary/aromatic N) is 3. The van der Waals surface area contributed by atoms with Crippen molar-refractivity contribution in [1.82, 2.24) is 20.3 Å². The predicted molar refractivity (Wildman–Crippen MR) is 73.8 cm³/mol. The Labute approximate surface area is 113 Å². The van der Waals surface area contributed by atoms with Crippen LogP contribution in [0.3, 0.4) is 0 Å². The molecule has 5 nitrogen and oxygen atoms in total. The first-order valence-electron chi connectivity index (χ1n) is 6.51. The lowest BCUT2D eigenvalue weighted by molar-refractivity contribution is 0.474. The fourth-order valence-corrected chi connectivity index (χ4v) is 1.83. The van der Waals surface area contributed by atoms with E-state index < -0.39 is 0 Å². The maximum Gasteiger partial charge on any atom is 0.115 e. The van der Waals surface area contributed by atoms with Gasteiger partial charge in [-0.25, -0.2) is 4.68 Å². The number of aromatic hydroxyl groups is 1. The van der Waals surface area contributed by atoms with Gasteiger partial charge in [-0.1, -0.05) is 31.2 Å². The lowest BCUT2D eigenvalue weighted by Crippen LogP contribution is -2.19. The highest BCUT2D eigenvalue weighted by Gasteiger charge is 2.02. The molecule has 0 fully saturated rings. The van der Waals surface area contributed by atoms with Gasteiger partial charge in [-0.15, -0.1) is 5.10 Å². The van der Waals surface area contributed by atoms with Crippen LogP contribution in [0.15, 0.2) is 30.5 Å². The van der Waals surface area contributed by atoms with Gasteiger partial charge in [0.25, 0.3) is 0 Å². The third-order valence-electron chi connectivity index (χ3n) is 2.70. The first-order valence-corrected chi connectivity index (χ1v) is 6.51. The first-order chi connectivity index (χ1) is 9.13. The molecule has 2 rings (SSSR count). The van der Waals surface area contributed by atoms with Gasteiger partial charge in [0.1, 0.15) is 5.75 Å². The Morgan fingerprint density at radius 2 is 2.21 bits per heavy atom. The molecule has 0 aliphatic rings. The number of aromatic nitrogens is 3. The quantitative estimate of drug-likeness (QED) is 0.831. The number of hydrogen-bond donors (Lipinski definition) is 2. The second-order valence-electron chi connectivity index (χ2n) is 5.10. The molecule has 0 amide bonds. The zero-order chi connectivity index (χ0) is 13.7. The summed E-state index contributed by atoms with van der Waals surface area (Å²) in [5, 5.41) is 20.9. The molecule has 0 radical (unpaired) electrons. The van der Waals surface area contributed by atoms with E-state index in [9.17, 15) is 5.11 Å². The van der Waals surface area contributed by atoms with Gasteiger partial charge in [-0.2, -0.15) is 0 Å². The van der Waals surface area contributed by atoms with Crippen molar-refractivity contribution in [2.45, 2.75) is 26.9 Å². The van der Waals surface area contributed by atoms with Gasteiger partial charge in [0.15, 0.2) is 0 Å². The van der Waals surface area contributed by atoms with Crippen LogP contribution in [0.1, 0.15) is 25.1 Å². The van der Waals surface area contributed by atoms with E-state index in [0.29, 0.717) is 12.5 Å². The Balaban J connectivity index is 1.90. The molecule has 0 saturated carbocycles. The van der Waals surface area contributed by atoms with E-state index in [1.54, 1.807) is 16.8 Å². The average Bonchev–Trinajstić information content (AvgIpc) is 2.76. The van der Waals surface area contributed by atoms with Crippen LogP contribution in [-0.2, 0) is 13.1 Å². The summed E-state index contributed by atoms with van der Waals surface area (Å²) in [5.41, 5.74) is 1.94. The summed E-state index contributed by atoms with van der Waals surface area (Å²) >= 11 is 0. The predicted octanol–water partition coefficient (Wildman–Crippen LogP) is 1.78. The van der Waals surface area contributed by atoms with Gasteiger partial charge < -0.3 is 10.4 Å². The highest BCUT2D eigenvalue weighted by atomic mass is 16.3. The SMILES string of the molecule is CC(C)CNCc1cn(Cc2cccc(O)c2)nn1. The number of phenolic OH excluding ortho intramolecular Hbond substituents is 1. The van der Waals surface area contributed by atoms with Crippen molar-refractivity contribution in [3.63, 3.8) is 0 Å². The van der Waals surface area contributed by atoms with E-state index in [1.807, 2.05) is 18.3 Å². The van der Waals surface area contributed by atoms with Crippen LogP contribution in [-0.4, -0.2) is 26.6 Å². The largest absolute Gasteiger partial charge is 0.508 e. The van der Waals surface area contributed by atoms with E-state index in [-0.39, 0.29) is 5.75 Å². The molecule has 19 heavy (non-hydrogen) atoms. The van der Waals surface area contributed by atoms with Crippen molar-refractivity contribution in [2.24, 2.45) is 5.92 Å². The van der Waals surface area contributed by atoms with Crippen LogP contribution >= 0.6 is 0 Å². The molecule has 1 heterocycles. The molecule has 102 valence electrons. The second kappa shape index (κ2) is 6.33. The highest BCUT2D eigenvalue weighted by Crippen LogP contribution is 2.11. The zero-order valence-corrected chi connectivity index (χ0v) is 11.4. The van der Waals surface area contributed by atoms with Crippen LogP contribution in [0.4, 0.5) is 0 Å². The van der Waals surface area contributed by atoms with E-state index >= 15 is 0 Å². The Morgan fingerprint density at radius 1 is 1.37 bits per heavy atom. The average molecular weight is 260 g/mol. The lowest BCUT2D eigenvalue weighted by Gasteiger charge is -2.04. The van der Waals surface area contributed by atoms with Crippen molar-refractivity contribution in [3.8, 4) is 5.75 Å². The first kappa shape index (κ1) is 13.5. The summed E-state index contributed by atoms with van der Waals surface area (Å²) in [6.07, 6.45) is 1.93. The Hall–Kier alpha value is -1.88. The fourth-order valence-electron chi connectivity index (χ4n) is 1.83. The summed E-state index contributed by atoms with van der Waals surface area (Å²) in [6.45, 7) is 6.67. The van der Waals surface area contributed by atoms with Crippen LogP contribution in [0.25, 0.3) is 0 Å². The van der Waals surface area contributed by atoms with Crippen LogP contribution in [0.5, 0.6) is 5.75 Å². The summed E-state index contributed by atoms with van der Waals surface area (Å²) in [4.78, 5) is 0. The number of benzene rings is 1. The number of rotatable bonds is 6. The monoisotopic (exact) mass is 260 g/mol. The third-order valence-corrected chi connectivity index (χ3v) is 2.70. The van der Waals surface area contributed by atoms with Crippen LogP contribution < -0.4 is 5.32 Å². The van der Waals surface area contributed by atoms with E-state index in [2.05, 4.69) is 29.5 Å². The molecule has 2 N–H and O–H groups in total. The molecule has 0 spiro atoms.